The molecule has 0 bridgehead atoms. The number of aryl methyl sites for hydroxylation is 1. The number of hydrogen-bond donors (Lipinski definition) is 0. The van der Waals surface area contributed by atoms with Crippen molar-refractivity contribution in [3.8, 4) is 11.8 Å². The maximum Gasteiger partial charge on any atom is 0.292 e. The standard InChI is InChI=1S/C11H12ClN3OS.C10H11ClN2O3.2CH4/c1-15-9-7(14-11(15)17-2)5-13-10(8(9)12)16-6-3-4-6;1-2-7-8(13(14)15)5-12-10(9(7)11)16-6-3-4-6;;/h5-6H,3-4H2,1-2H3;5-6H,2-4H2,1H3;2*1H4. The molecule has 2 fully saturated rings. The number of hydrogen-bond acceptors (Lipinski definition) is 8. The molecule has 2 aliphatic carbocycles. The van der Waals surface area contributed by atoms with E-state index < -0.39 is 4.92 Å². The Labute approximate surface area is 219 Å². The van der Waals surface area contributed by atoms with Gasteiger partial charge in [-0.2, -0.15) is 0 Å². The van der Waals surface area contributed by atoms with Gasteiger partial charge in [0.15, 0.2) is 5.16 Å². The van der Waals surface area contributed by atoms with Gasteiger partial charge in [-0.1, -0.05) is 56.7 Å². The fraction of sp³-hybridized carbons (Fsp3) is 0.522. The molecule has 3 aromatic heterocycles. The predicted molar refractivity (Wildman–Crippen MR) is 141 cm³/mol. The number of pyridine rings is 2. The minimum atomic E-state index is -0.474. The number of fused-ring (bicyclic) bond motifs is 1. The zero-order valence-corrected chi connectivity index (χ0v) is 20.7. The topological polar surface area (TPSA) is 105 Å². The number of thioether (sulfide) groups is 1. The number of rotatable bonds is 7. The number of halogens is 2. The highest BCUT2D eigenvalue weighted by atomic mass is 35.5. The molecule has 35 heavy (non-hydrogen) atoms. The molecule has 5 rings (SSSR count). The lowest BCUT2D eigenvalue weighted by Gasteiger charge is -2.08. The lowest BCUT2D eigenvalue weighted by atomic mass is 10.2. The molecule has 0 radical (unpaired) electrons. The van der Waals surface area contributed by atoms with Crippen molar-refractivity contribution in [3.05, 3.63) is 38.1 Å². The van der Waals surface area contributed by atoms with Gasteiger partial charge in [-0.3, -0.25) is 10.1 Å². The van der Waals surface area contributed by atoms with Crippen LogP contribution in [-0.4, -0.2) is 42.9 Å². The first-order valence-electron chi connectivity index (χ1n) is 10.5. The van der Waals surface area contributed by atoms with Crippen molar-refractivity contribution >= 4 is 51.7 Å². The molecule has 0 N–H and O–H groups in total. The van der Waals surface area contributed by atoms with Crippen LogP contribution < -0.4 is 9.47 Å². The van der Waals surface area contributed by atoms with E-state index in [1.807, 2.05) is 24.8 Å². The van der Waals surface area contributed by atoms with Crippen LogP contribution in [0.3, 0.4) is 0 Å². The van der Waals surface area contributed by atoms with Crippen LogP contribution in [0.4, 0.5) is 5.69 Å². The van der Waals surface area contributed by atoms with Crippen molar-refractivity contribution in [1.82, 2.24) is 19.5 Å². The van der Waals surface area contributed by atoms with Gasteiger partial charge in [0.2, 0.25) is 11.8 Å². The second kappa shape index (κ2) is 12.1. The van der Waals surface area contributed by atoms with Gasteiger partial charge in [0.1, 0.15) is 34.0 Å². The van der Waals surface area contributed by atoms with E-state index >= 15 is 0 Å². The summed E-state index contributed by atoms with van der Waals surface area (Å²) in [6.45, 7) is 1.81. The summed E-state index contributed by atoms with van der Waals surface area (Å²) in [5.74, 6) is 0.837. The zero-order chi connectivity index (χ0) is 23.7. The van der Waals surface area contributed by atoms with Gasteiger partial charge in [0.05, 0.1) is 22.2 Å². The maximum atomic E-state index is 10.7. The van der Waals surface area contributed by atoms with Crippen LogP contribution in [0.15, 0.2) is 17.6 Å². The highest BCUT2D eigenvalue weighted by molar-refractivity contribution is 7.98. The van der Waals surface area contributed by atoms with E-state index in [1.54, 1.807) is 18.0 Å². The Morgan fingerprint density at radius 1 is 1.09 bits per heavy atom. The molecule has 0 aromatic carbocycles. The molecule has 0 unspecified atom stereocenters. The average Bonchev–Trinajstić information content (AvgIpc) is 3.72. The Morgan fingerprint density at radius 2 is 1.63 bits per heavy atom. The maximum absolute atomic E-state index is 10.7. The summed E-state index contributed by atoms with van der Waals surface area (Å²) in [4.78, 5) is 22.9. The van der Waals surface area contributed by atoms with Crippen molar-refractivity contribution in [3.63, 3.8) is 0 Å². The molecular formula is C23H31Cl2N5O4S. The monoisotopic (exact) mass is 543 g/mol. The lowest BCUT2D eigenvalue weighted by molar-refractivity contribution is -0.385. The van der Waals surface area contributed by atoms with Crippen molar-refractivity contribution in [2.24, 2.45) is 7.05 Å². The van der Waals surface area contributed by atoms with Crippen LogP contribution in [0.1, 0.15) is 53.0 Å². The van der Waals surface area contributed by atoms with Gasteiger partial charge in [-0.25, -0.2) is 15.0 Å². The molecule has 0 saturated heterocycles. The van der Waals surface area contributed by atoms with Gasteiger partial charge in [-0.05, 0) is 38.4 Å². The fourth-order valence-electron chi connectivity index (χ4n) is 3.15. The first kappa shape index (κ1) is 28.9. The Balaban J connectivity index is 0.000000234. The Hall–Kier alpha value is -2.30. The van der Waals surface area contributed by atoms with Gasteiger partial charge in [0, 0.05) is 7.05 Å². The summed E-state index contributed by atoms with van der Waals surface area (Å²) in [5, 5.41) is 12.5. The molecule has 12 heteroatoms. The Bertz CT molecular complexity index is 1200. The summed E-state index contributed by atoms with van der Waals surface area (Å²) >= 11 is 14.0. The molecule has 0 aliphatic heterocycles. The number of imidazole rings is 1. The van der Waals surface area contributed by atoms with Crippen molar-refractivity contribution in [2.75, 3.05) is 6.26 Å². The molecule has 2 saturated carbocycles. The summed E-state index contributed by atoms with van der Waals surface area (Å²) in [6.07, 6.45) is 10.1. The largest absolute Gasteiger partial charge is 0.473 e. The molecule has 0 amide bonds. The summed E-state index contributed by atoms with van der Waals surface area (Å²) in [6, 6.07) is 0. The molecule has 192 valence electrons. The third-order valence-electron chi connectivity index (χ3n) is 5.18. The van der Waals surface area contributed by atoms with E-state index in [9.17, 15) is 10.1 Å². The highest BCUT2D eigenvalue weighted by Gasteiger charge is 2.28. The third kappa shape index (κ3) is 6.48. The molecule has 3 aromatic rings. The number of ether oxygens (including phenoxy) is 2. The van der Waals surface area contributed by atoms with Crippen molar-refractivity contribution < 1.29 is 14.4 Å². The van der Waals surface area contributed by atoms with Crippen LogP contribution in [0.25, 0.3) is 11.0 Å². The predicted octanol–water partition coefficient (Wildman–Crippen LogP) is 6.90. The molecule has 3 heterocycles. The second-order valence-corrected chi connectivity index (χ2v) is 9.28. The van der Waals surface area contributed by atoms with Gasteiger partial charge >= 0.3 is 0 Å². The summed E-state index contributed by atoms with van der Waals surface area (Å²) in [7, 11) is 1.95. The SMILES string of the molecule is C.C.CCc1c([N+](=O)[O-])cnc(OC2CC2)c1Cl.CSc1nc2cnc(OC3CC3)c(Cl)c2n1C. The van der Waals surface area contributed by atoms with E-state index in [1.165, 1.54) is 6.20 Å². The second-order valence-electron chi connectivity index (χ2n) is 7.75. The first-order chi connectivity index (χ1) is 15.8. The van der Waals surface area contributed by atoms with Crippen LogP contribution in [0.5, 0.6) is 11.8 Å². The highest BCUT2D eigenvalue weighted by Crippen LogP contribution is 2.37. The van der Waals surface area contributed by atoms with E-state index in [-0.39, 0.29) is 31.7 Å². The Morgan fingerprint density at radius 3 is 2.11 bits per heavy atom. The number of aromatic nitrogens is 4. The smallest absolute Gasteiger partial charge is 0.292 e. The normalized spacial score (nSPS) is 14.3. The average molecular weight is 545 g/mol. The molecular weight excluding hydrogens is 513 g/mol. The van der Waals surface area contributed by atoms with E-state index in [0.29, 0.717) is 34.9 Å². The summed E-state index contributed by atoms with van der Waals surface area (Å²) < 4.78 is 13.1. The van der Waals surface area contributed by atoms with Gasteiger partial charge in [-0.15, -0.1) is 0 Å². The zero-order valence-electron chi connectivity index (χ0n) is 18.4. The van der Waals surface area contributed by atoms with E-state index in [0.717, 1.165) is 41.9 Å². The minimum absolute atomic E-state index is 0. The molecule has 0 spiro atoms. The summed E-state index contributed by atoms with van der Waals surface area (Å²) in [5.41, 5.74) is 2.14. The minimum Gasteiger partial charge on any atom is -0.473 e. The van der Waals surface area contributed by atoms with Gasteiger partial charge in [0.25, 0.3) is 5.69 Å². The third-order valence-corrected chi connectivity index (χ3v) is 6.65. The fourth-order valence-corrected chi connectivity index (χ4v) is 4.35. The van der Waals surface area contributed by atoms with E-state index in [4.69, 9.17) is 32.7 Å². The number of nitrogens with zero attached hydrogens (tertiary/aromatic N) is 5. The van der Waals surface area contributed by atoms with Crippen LogP contribution in [0.2, 0.25) is 10.0 Å². The lowest BCUT2D eigenvalue weighted by Crippen LogP contribution is -2.03. The van der Waals surface area contributed by atoms with Crippen molar-refractivity contribution in [1.29, 1.82) is 0 Å². The number of nitro groups is 1. The van der Waals surface area contributed by atoms with Crippen LogP contribution in [0, 0.1) is 10.1 Å². The molecule has 0 atom stereocenters. The van der Waals surface area contributed by atoms with Crippen molar-refractivity contribution in [2.45, 2.75) is 71.2 Å². The molecule has 9 nitrogen and oxygen atoms in total. The first-order valence-corrected chi connectivity index (χ1v) is 12.5. The molecule has 2 aliphatic rings. The van der Waals surface area contributed by atoms with Crippen LogP contribution in [-0.2, 0) is 13.5 Å². The van der Waals surface area contributed by atoms with E-state index in [2.05, 4.69) is 15.0 Å². The van der Waals surface area contributed by atoms with Crippen LogP contribution >= 0.6 is 35.0 Å². The quantitative estimate of drug-likeness (QED) is 0.180. The Kier molecular flexibility index (Phi) is 10.00. The van der Waals surface area contributed by atoms with Gasteiger partial charge < -0.3 is 14.0 Å².